The smallest absolute Gasteiger partial charge is 0.255 e. The number of aromatic nitrogens is 1. The number of alkyl halides is 2. The van der Waals surface area contributed by atoms with Crippen LogP contribution in [0.5, 0.6) is 0 Å². The number of rotatable bonds is 5. The maximum atomic E-state index is 13.1. The molecule has 0 aliphatic rings. The van der Waals surface area contributed by atoms with Crippen molar-refractivity contribution in [3.8, 4) is 0 Å². The van der Waals surface area contributed by atoms with Crippen molar-refractivity contribution in [2.24, 2.45) is 0 Å². The molecule has 0 atom stereocenters. The van der Waals surface area contributed by atoms with Gasteiger partial charge in [0.05, 0.1) is 6.54 Å². The van der Waals surface area contributed by atoms with E-state index in [0.29, 0.717) is 12.6 Å². The first-order valence-electron chi connectivity index (χ1n) is 4.66. The van der Waals surface area contributed by atoms with Gasteiger partial charge in [0, 0.05) is 12.6 Å². The fourth-order valence-corrected chi connectivity index (χ4v) is 1.06. The lowest BCUT2D eigenvalue weighted by Gasteiger charge is -2.09. The third kappa shape index (κ3) is 3.25. The molecular formula is C9H11F4N3. The van der Waals surface area contributed by atoms with Gasteiger partial charge in [0.25, 0.3) is 6.43 Å². The molecule has 0 unspecified atom stereocenters. The zero-order valence-electron chi connectivity index (χ0n) is 8.53. The van der Waals surface area contributed by atoms with Gasteiger partial charge in [0.2, 0.25) is 0 Å². The lowest BCUT2D eigenvalue weighted by molar-refractivity contribution is 0.163. The van der Waals surface area contributed by atoms with Crippen LogP contribution >= 0.6 is 0 Å². The molecule has 1 heterocycles. The Labute approximate surface area is 89.9 Å². The van der Waals surface area contributed by atoms with Crippen LogP contribution in [0.15, 0.2) is 6.07 Å². The van der Waals surface area contributed by atoms with E-state index in [-0.39, 0.29) is 5.82 Å². The Bertz CT molecular complexity index is 357. The second-order valence-corrected chi connectivity index (χ2v) is 2.95. The van der Waals surface area contributed by atoms with E-state index in [0.717, 1.165) is 0 Å². The number of nitrogens with one attached hydrogen (secondary N) is 2. The molecule has 0 saturated carbocycles. The summed E-state index contributed by atoms with van der Waals surface area (Å²) in [6.07, 6.45) is -2.63. The Morgan fingerprint density at radius 3 is 2.25 bits per heavy atom. The fourth-order valence-electron chi connectivity index (χ4n) is 1.06. The van der Waals surface area contributed by atoms with Crippen molar-refractivity contribution in [3.05, 3.63) is 17.7 Å². The number of hydrogen-bond donors (Lipinski definition) is 2. The van der Waals surface area contributed by atoms with Gasteiger partial charge >= 0.3 is 0 Å². The van der Waals surface area contributed by atoms with Crippen LogP contribution in [0.25, 0.3) is 0 Å². The van der Waals surface area contributed by atoms with Crippen molar-refractivity contribution in [1.29, 1.82) is 0 Å². The largest absolute Gasteiger partial charge is 0.368 e. The molecule has 90 valence electrons. The summed E-state index contributed by atoms with van der Waals surface area (Å²) >= 11 is 0. The summed E-state index contributed by atoms with van der Waals surface area (Å²) in [5, 5.41) is 4.65. The minimum atomic E-state index is -2.63. The Hall–Kier alpha value is -1.53. The molecule has 7 heteroatoms. The molecule has 0 radical (unpaired) electrons. The minimum Gasteiger partial charge on any atom is -0.368 e. The summed E-state index contributed by atoms with van der Waals surface area (Å²) in [7, 11) is 0. The van der Waals surface area contributed by atoms with Crippen molar-refractivity contribution < 1.29 is 17.6 Å². The summed E-state index contributed by atoms with van der Waals surface area (Å²) in [6.45, 7) is 1.36. The third-order valence-electron chi connectivity index (χ3n) is 1.70. The Balaban J connectivity index is 2.86. The van der Waals surface area contributed by atoms with Crippen LogP contribution in [0.4, 0.5) is 29.2 Å². The summed E-state index contributed by atoms with van der Waals surface area (Å²) in [6, 6.07) is 0.596. The van der Waals surface area contributed by atoms with E-state index < -0.39 is 30.4 Å². The second-order valence-electron chi connectivity index (χ2n) is 2.95. The van der Waals surface area contributed by atoms with Crippen LogP contribution in [0.2, 0.25) is 0 Å². The van der Waals surface area contributed by atoms with Crippen LogP contribution in [0.1, 0.15) is 6.92 Å². The summed E-state index contributed by atoms with van der Waals surface area (Å²) in [5.74, 6) is -2.42. The molecule has 0 spiro atoms. The molecular weight excluding hydrogens is 226 g/mol. The fraction of sp³-hybridized carbons (Fsp3) is 0.444. The first-order chi connectivity index (χ1) is 7.54. The number of pyridine rings is 1. The van der Waals surface area contributed by atoms with Gasteiger partial charge in [-0.2, -0.15) is 0 Å². The van der Waals surface area contributed by atoms with Crippen LogP contribution < -0.4 is 10.6 Å². The quantitative estimate of drug-likeness (QED) is 0.772. The lowest BCUT2D eigenvalue weighted by atomic mass is 10.4. The predicted molar refractivity (Wildman–Crippen MR) is 52.8 cm³/mol. The van der Waals surface area contributed by atoms with Gasteiger partial charge in [-0.3, -0.25) is 0 Å². The van der Waals surface area contributed by atoms with E-state index in [9.17, 15) is 17.6 Å². The highest BCUT2D eigenvalue weighted by Crippen LogP contribution is 2.18. The van der Waals surface area contributed by atoms with Gasteiger partial charge in [0.1, 0.15) is 0 Å². The molecule has 16 heavy (non-hydrogen) atoms. The van der Waals surface area contributed by atoms with E-state index >= 15 is 0 Å². The van der Waals surface area contributed by atoms with Gasteiger partial charge in [-0.1, -0.05) is 0 Å². The van der Waals surface area contributed by atoms with Crippen molar-refractivity contribution in [3.63, 3.8) is 0 Å². The number of anilines is 2. The molecule has 0 amide bonds. The zero-order chi connectivity index (χ0) is 12.1. The number of nitrogens with zero attached hydrogens (tertiary/aromatic N) is 1. The number of halogens is 4. The molecule has 2 N–H and O–H groups in total. The van der Waals surface area contributed by atoms with Gasteiger partial charge in [-0.05, 0) is 6.92 Å². The molecule has 1 rings (SSSR count). The van der Waals surface area contributed by atoms with Gasteiger partial charge in [-0.15, -0.1) is 0 Å². The van der Waals surface area contributed by atoms with Gasteiger partial charge in [0.15, 0.2) is 23.3 Å². The highest BCUT2D eigenvalue weighted by molar-refractivity contribution is 5.47. The van der Waals surface area contributed by atoms with Crippen molar-refractivity contribution in [1.82, 2.24) is 4.98 Å². The van der Waals surface area contributed by atoms with Gasteiger partial charge < -0.3 is 10.6 Å². The first kappa shape index (κ1) is 12.5. The van der Waals surface area contributed by atoms with E-state index in [2.05, 4.69) is 15.6 Å². The molecule has 0 aliphatic heterocycles. The lowest BCUT2D eigenvalue weighted by Crippen LogP contribution is -2.14. The Morgan fingerprint density at radius 1 is 1.19 bits per heavy atom. The molecule has 1 aromatic rings. The monoisotopic (exact) mass is 237 g/mol. The molecule has 0 fully saturated rings. The minimum absolute atomic E-state index is 0.166. The van der Waals surface area contributed by atoms with Crippen molar-refractivity contribution in [2.45, 2.75) is 13.3 Å². The van der Waals surface area contributed by atoms with Crippen LogP contribution in [0.3, 0.4) is 0 Å². The maximum absolute atomic E-state index is 13.1. The second kappa shape index (κ2) is 5.53. The maximum Gasteiger partial charge on any atom is 0.255 e. The van der Waals surface area contributed by atoms with E-state index in [1.807, 2.05) is 0 Å². The van der Waals surface area contributed by atoms with Gasteiger partial charge in [-0.25, -0.2) is 22.5 Å². The molecule has 3 nitrogen and oxygen atoms in total. The predicted octanol–water partition coefficient (Wildman–Crippen LogP) is 2.47. The van der Waals surface area contributed by atoms with Crippen molar-refractivity contribution in [2.75, 3.05) is 23.7 Å². The average Bonchev–Trinajstić information content (AvgIpc) is 2.20. The summed E-state index contributed by atoms with van der Waals surface area (Å²) < 4.78 is 49.9. The SMILES string of the molecule is CCNc1nc(NCC(F)F)c(F)cc1F. The molecule has 0 saturated heterocycles. The Morgan fingerprint density at radius 2 is 1.75 bits per heavy atom. The van der Waals surface area contributed by atoms with Crippen LogP contribution in [-0.2, 0) is 0 Å². The highest BCUT2D eigenvalue weighted by Gasteiger charge is 2.12. The van der Waals surface area contributed by atoms with E-state index in [1.165, 1.54) is 0 Å². The van der Waals surface area contributed by atoms with Crippen LogP contribution in [-0.4, -0.2) is 24.5 Å². The molecule has 1 aromatic heterocycles. The molecule has 0 aromatic carbocycles. The van der Waals surface area contributed by atoms with E-state index in [1.54, 1.807) is 6.92 Å². The summed E-state index contributed by atoms with van der Waals surface area (Å²) in [4.78, 5) is 3.53. The molecule has 0 bridgehead atoms. The number of hydrogen-bond acceptors (Lipinski definition) is 3. The topological polar surface area (TPSA) is 37.0 Å². The normalized spacial score (nSPS) is 10.6. The van der Waals surface area contributed by atoms with Crippen molar-refractivity contribution >= 4 is 11.6 Å². The molecule has 0 aliphatic carbocycles. The highest BCUT2D eigenvalue weighted by atomic mass is 19.3. The average molecular weight is 237 g/mol. The van der Waals surface area contributed by atoms with Crippen LogP contribution in [0, 0.1) is 11.6 Å². The third-order valence-corrected chi connectivity index (χ3v) is 1.70. The standard InChI is InChI=1S/C9H11F4N3/c1-2-14-8-5(10)3-6(11)9(16-8)15-4-7(12)13/h3,7H,2,4H2,1H3,(H2,14,15,16). The first-order valence-corrected chi connectivity index (χ1v) is 4.66. The Kier molecular flexibility index (Phi) is 4.33. The summed E-state index contributed by atoms with van der Waals surface area (Å²) in [5.41, 5.74) is 0. The van der Waals surface area contributed by atoms with E-state index in [4.69, 9.17) is 0 Å². The zero-order valence-corrected chi connectivity index (χ0v) is 8.53.